The standard InChI is InChI=1S/C15H29NO2/c1-6-16(7-2)15(17)18-14-10-12(5)8-9-13(14)11(3)4/h11-14H,6-10H2,1-5H3/t12-,13+,14+/m0/s1. The number of carbonyl (C=O) groups is 1. The van der Waals surface area contributed by atoms with Crippen LogP contribution in [0.25, 0.3) is 0 Å². The molecule has 0 N–H and O–H groups in total. The predicted octanol–water partition coefficient (Wildman–Crippen LogP) is 3.93. The van der Waals surface area contributed by atoms with E-state index in [2.05, 4.69) is 20.8 Å². The van der Waals surface area contributed by atoms with Gasteiger partial charge >= 0.3 is 6.09 Å². The summed E-state index contributed by atoms with van der Waals surface area (Å²) in [5.41, 5.74) is 0. The van der Waals surface area contributed by atoms with Crippen LogP contribution in [0.5, 0.6) is 0 Å². The quantitative estimate of drug-likeness (QED) is 0.762. The molecule has 0 saturated heterocycles. The summed E-state index contributed by atoms with van der Waals surface area (Å²) in [6.45, 7) is 12.2. The van der Waals surface area contributed by atoms with Crippen molar-refractivity contribution in [2.24, 2.45) is 17.8 Å². The Morgan fingerprint density at radius 2 is 1.89 bits per heavy atom. The van der Waals surface area contributed by atoms with Crippen LogP contribution < -0.4 is 0 Å². The topological polar surface area (TPSA) is 29.5 Å². The second-order valence-electron chi connectivity index (χ2n) is 5.92. The van der Waals surface area contributed by atoms with E-state index in [0.717, 1.165) is 19.5 Å². The van der Waals surface area contributed by atoms with Gasteiger partial charge in [-0.15, -0.1) is 0 Å². The van der Waals surface area contributed by atoms with Gasteiger partial charge in [0.15, 0.2) is 0 Å². The molecular weight excluding hydrogens is 226 g/mol. The molecule has 0 aromatic carbocycles. The van der Waals surface area contributed by atoms with E-state index in [1.54, 1.807) is 4.90 Å². The van der Waals surface area contributed by atoms with Crippen LogP contribution in [0.2, 0.25) is 0 Å². The second kappa shape index (κ2) is 7.01. The zero-order valence-corrected chi connectivity index (χ0v) is 12.6. The van der Waals surface area contributed by atoms with Crippen LogP contribution in [0.3, 0.4) is 0 Å². The molecule has 3 atom stereocenters. The summed E-state index contributed by atoms with van der Waals surface area (Å²) in [4.78, 5) is 13.8. The van der Waals surface area contributed by atoms with Crippen molar-refractivity contribution in [3.8, 4) is 0 Å². The van der Waals surface area contributed by atoms with E-state index in [9.17, 15) is 4.79 Å². The first-order valence-corrected chi connectivity index (χ1v) is 7.45. The molecule has 1 rings (SSSR count). The van der Waals surface area contributed by atoms with Crippen LogP contribution in [0.4, 0.5) is 4.79 Å². The maximum Gasteiger partial charge on any atom is 0.410 e. The van der Waals surface area contributed by atoms with Gasteiger partial charge in [-0.3, -0.25) is 0 Å². The van der Waals surface area contributed by atoms with Gasteiger partial charge < -0.3 is 9.64 Å². The summed E-state index contributed by atoms with van der Waals surface area (Å²) in [7, 11) is 0. The number of amides is 1. The number of nitrogens with zero attached hydrogens (tertiary/aromatic N) is 1. The molecule has 106 valence electrons. The predicted molar refractivity (Wildman–Crippen MR) is 74.5 cm³/mol. The zero-order chi connectivity index (χ0) is 13.7. The van der Waals surface area contributed by atoms with E-state index in [1.807, 2.05) is 13.8 Å². The lowest BCUT2D eigenvalue weighted by atomic mass is 9.75. The van der Waals surface area contributed by atoms with Crippen LogP contribution in [-0.4, -0.2) is 30.2 Å². The molecule has 3 nitrogen and oxygen atoms in total. The van der Waals surface area contributed by atoms with Crippen LogP contribution in [-0.2, 0) is 4.74 Å². The van der Waals surface area contributed by atoms with Crippen molar-refractivity contribution < 1.29 is 9.53 Å². The highest BCUT2D eigenvalue weighted by Crippen LogP contribution is 2.35. The smallest absolute Gasteiger partial charge is 0.410 e. The zero-order valence-electron chi connectivity index (χ0n) is 12.6. The molecule has 0 aliphatic heterocycles. The van der Waals surface area contributed by atoms with Crippen molar-refractivity contribution in [2.75, 3.05) is 13.1 Å². The van der Waals surface area contributed by atoms with Gasteiger partial charge in [-0.05, 0) is 44.4 Å². The molecule has 18 heavy (non-hydrogen) atoms. The molecule has 1 amide bonds. The molecule has 1 fully saturated rings. The molecule has 0 unspecified atom stereocenters. The number of ether oxygens (including phenoxy) is 1. The molecule has 1 saturated carbocycles. The lowest BCUT2D eigenvalue weighted by molar-refractivity contribution is -0.00908. The fourth-order valence-corrected chi connectivity index (χ4v) is 2.94. The minimum Gasteiger partial charge on any atom is -0.446 e. The van der Waals surface area contributed by atoms with E-state index in [4.69, 9.17) is 4.74 Å². The Labute approximate surface area is 112 Å². The highest BCUT2D eigenvalue weighted by molar-refractivity contribution is 5.67. The fraction of sp³-hybridized carbons (Fsp3) is 0.933. The van der Waals surface area contributed by atoms with Crippen LogP contribution in [0.15, 0.2) is 0 Å². The van der Waals surface area contributed by atoms with E-state index in [1.165, 1.54) is 12.8 Å². The Morgan fingerprint density at radius 3 is 2.39 bits per heavy atom. The monoisotopic (exact) mass is 255 g/mol. The van der Waals surface area contributed by atoms with Crippen molar-refractivity contribution in [3.63, 3.8) is 0 Å². The van der Waals surface area contributed by atoms with Gasteiger partial charge in [-0.1, -0.05) is 27.2 Å². The van der Waals surface area contributed by atoms with Gasteiger partial charge in [0.05, 0.1) is 0 Å². The first-order valence-electron chi connectivity index (χ1n) is 7.45. The third-order valence-corrected chi connectivity index (χ3v) is 4.24. The van der Waals surface area contributed by atoms with Crippen molar-refractivity contribution in [3.05, 3.63) is 0 Å². The molecule has 0 aromatic heterocycles. The molecule has 0 heterocycles. The van der Waals surface area contributed by atoms with E-state index < -0.39 is 0 Å². The normalized spacial score (nSPS) is 28.2. The van der Waals surface area contributed by atoms with Gasteiger partial charge in [0.25, 0.3) is 0 Å². The van der Waals surface area contributed by atoms with Crippen molar-refractivity contribution in [2.45, 2.75) is 60.0 Å². The molecule has 1 aliphatic carbocycles. The SMILES string of the molecule is CCN(CC)C(=O)O[C@@H]1C[C@@H](C)CC[C@@H]1C(C)C. The molecule has 0 radical (unpaired) electrons. The lowest BCUT2D eigenvalue weighted by Gasteiger charge is -2.37. The third-order valence-electron chi connectivity index (χ3n) is 4.24. The summed E-state index contributed by atoms with van der Waals surface area (Å²) < 4.78 is 5.77. The first-order chi connectivity index (χ1) is 8.49. The number of carbonyl (C=O) groups excluding carboxylic acids is 1. The van der Waals surface area contributed by atoms with Crippen molar-refractivity contribution in [1.82, 2.24) is 4.90 Å². The maximum absolute atomic E-state index is 12.1. The first kappa shape index (κ1) is 15.3. The fourth-order valence-electron chi connectivity index (χ4n) is 2.94. The largest absolute Gasteiger partial charge is 0.446 e. The molecule has 3 heteroatoms. The molecule has 1 aliphatic rings. The Hall–Kier alpha value is -0.730. The third kappa shape index (κ3) is 3.89. The lowest BCUT2D eigenvalue weighted by Crippen LogP contribution is -2.40. The highest BCUT2D eigenvalue weighted by atomic mass is 16.6. The summed E-state index contributed by atoms with van der Waals surface area (Å²) in [5.74, 6) is 1.79. The minimum atomic E-state index is -0.134. The Morgan fingerprint density at radius 1 is 1.28 bits per heavy atom. The number of rotatable bonds is 4. The number of hydrogen-bond acceptors (Lipinski definition) is 2. The average molecular weight is 255 g/mol. The van der Waals surface area contributed by atoms with Gasteiger partial charge in [0.1, 0.15) is 6.10 Å². The summed E-state index contributed by atoms with van der Waals surface area (Å²) in [6, 6.07) is 0. The number of hydrogen-bond donors (Lipinski definition) is 0. The summed E-state index contributed by atoms with van der Waals surface area (Å²) in [6.07, 6.45) is 3.46. The van der Waals surface area contributed by atoms with Gasteiger partial charge in [-0.2, -0.15) is 0 Å². The molecule has 0 bridgehead atoms. The van der Waals surface area contributed by atoms with Gasteiger partial charge in [0, 0.05) is 13.1 Å². The highest BCUT2D eigenvalue weighted by Gasteiger charge is 2.34. The minimum absolute atomic E-state index is 0.113. The Kier molecular flexibility index (Phi) is 5.97. The van der Waals surface area contributed by atoms with Crippen LogP contribution >= 0.6 is 0 Å². The molecule has 0 spiro atoms. The Bertz CT molecular complexity index is 261. The maximum atomic E-state index is 12.1. The second-order valence-corrected chi connectivity index (χ2v) is 5.92. The van der Waals surface area contributed by atoms with E-state index in [0.29, 0.717) is 17.8 Å². The van der Waals surface area contributed by atoms with Crippen LogP contribution in [0, 0.1) is 17.8 Å². The molecular formula is C15H29NO2. The van der Waals surface area contributed by atoms with E-state index in [-0.39, 0.29) is 12.2 Å². The van der Waals surface area contributed by atoms with Crippen LogP contribution in [0.1, 0.15) is 53.9 Å². The van der Waals surface area contributed by atoms with Gasteiger partial charge in [-0.25, -0.2) is 4.79 Å². The summed E-state index contributed by atoms with van der Waals surface area (Å²) in [5, 5.41) is 0. The summed E-state index contributed by atoms with van der Waals surface area (Å²) >= 11 is 0. The van der Waals surface area contributed by atoms with Crippen molar-refractivity contribution in [1.29, 1.82) is 0 Å². The Balaban J connectivity index is 2.63. The van der Waals surface area contributed by atoms with E-state index >= 15 is 0 Å². The average Bonchev–Trinajstić information content (AvgIpc) is 2.30. The van der Waals surface area contributed by atoms with Crippen molar-refractivity contribution >= 4 is 6.09 Å². The van der Waals surface area contributed by atoms with Gasteiger partial charge in [0.2, 0.25) is 0 Å². The molecule has 0 aromatic rings.